The van der Waals surface area contributed by atoms with Crippen molar-refractivity contribution < 1.29 is 14.3 Å². The van der Waals surface area contributed by atoms with Crippen molar-refractivity contribution in [3.63, 3.8) is 0 Å². The van der Waals surface area contributed by atoms with E-state index in [1.54, 1.807) is 13.2 Å². The quantitative estimate of drug-likeness (QED) is 0.676. The highest BCUT2D eigenvalue weighted by molar-refractivity contribution is 6.04. The highest BCUT2D eigenvalue weighted by atomic mass is 16.5. The Bertz CT molecular complexity index is 898. The largest absolute Gasteiger partial charge is 0.497 e. The van der Waals surface area contributed by atoms with Gasteiger partial charge in [-0.15, -0.1) is 0 Å². The van der Waals surface area contributed by atoms with Gasteiger partial charge in [-0.05, 0) is 35.9 Å². The van der Waals surface area contributed by atoms with Crippen molar-refractivity contribution in [1.82, 2.24) is 4.98 Å². The first-order valence-electron chi connectivity index (χ1n) is 7.51. The van der Waals surface area contributed by atoms with Gasteiger partial charge in [0.25, 0.3) is 0 Å². The molecule has 4 heteroatoms. The molecule has 0 saturated carbocycles. The number of carbonyl (C=O) groups excluding carboxylic acids is 1. The molecule has 0 amide bonds. The van der Waals surface area contributed by atoms with Crippen LogP contribution in [0.5, 0.6) is 5.75 Å². The third kappa shape index (κ3) is 3.27. The lowest BCUT2D eigenvalue weighted by molar-refractivity contribution is 0.0603. The Morgan fingerprint density at radius 2 is 1.75 bits per heavy atom. The monoisotopic (exact) mass is 319 g/mol. The van der Waals surface area contributed by atoms with Gasteiger partial charge in [0.05, 0.1) is 31.0 Å². The molecule has 24 heavy (non-hydrogen) atoms. The maximum atomic E-state index is 12.0. The van der Waals surface area contributed by atoms with Crippen LogP contribution in [0.3, 0.4) is 0 Å². The number of methoxy groups -OCH3 is 2. The summed E-state index contributed by atoms with van der Waals surface area (Å²) in [5.74, 6) is 0.441. The standard InChI is InChI=1S/C20H17NO3/c1-23-16-11-8-14(9-12-16)7-10-15-13-18(20(22)24-2)17-5-3-4-6-19(17)21-15/h3-13H,1-2H3. The number of hydrogen-bond acceptors (Lipinski definition) is 4. The number of para-hydroxylation sites is 1. The Labute approximate surface area is 140 Å². The lowest BCUT2D eigenvalue weighted by atomic mass is 10.1. The van der Waals surface area contributed by atoms with E-state index in [9.17, 15) is 4.79 Å². The summed E-state index contributed by atoms with van der Waals surface area (Å²) >= 11 is 0. The maximum Gasteiger partial charge on any atom is 0.338 e. The summed E-state index contributed by atoms with van der Waals surface area (Å²) in [6.07, 6.45) is 3.82. The van der Waals surface area contributed by atoms with Crippen LogP contribution in [0.15, 0.2) is 54.6 Å². The molecule has 0 aliphatic rings. The molecule has 0 unspecified atom stereocenters. The number of benzene rings is 2. The molecule has 0 bridgehead atoms. The van der Waals surface area contributed by atoms with Crippen molar-refractivity contribution in [3.05, 3.63) is 71.4 Å². The fraction of sp³-hybridized carbons (Fsp3) is 0.100. The molecule has 0 saturated heterocycles. The summed E-state index contributed by atoms with van der Waals surface area (Å²) in [7, 11) is 3.02. The van der Waals surface area contributed by atoms with Crippen molar-refractivity contribution in [1.29, 1.82) is 0 Å². The predicted octanol–water partition coefficient (Wildman–Crippen LogP) is 4.20. The van der Waals surface area contributed by atoms with Crippen LogP contribution in [-0.4, -0.2) is 25.2 Å². The fourth-order valence-electron chi connectivity index (χ4n) is 2.46. The van der Waals surface area contributed by atoms with E-state index in [0.717, 1.165) is 22.2 Å². The van der Waals surface area contributed by atoms with Crippen LogP contribution in [-0.2, 0) is 4.74 Å². The number of nitrogens with zero attached hydrogens (tertiary/aromatic N) is 1. The number of pyridine rings is 1. The number of aromatic nitrogens is 1. The van der Waals surface area contributed by atoms with Crippen molar-refractivity contribution in [2.75, 3.05) is 14.2 Å². The van der Waals surface area contributed by atoms with Gasteiger partial charge < -0.3 is 9.47 Å². The molecule has 4 nitrogen and oxygen atoms in total. The summed E-state index contributed by atoms with van der Waals surface area (Å²) in [5, 5.41) is 0.783. The minimum absolute atomic E-state index is 0.368. The molecule has 3 rings (SSSR count). The van der Waals surface area contributed by atoms with E-state index in [0.29, 0.717) is 11.3 Å². The van der Waals surface area contributed by atoms with E-state index in [1.165, 1.54) is 7.11 Å². The summed E-state index contributed by atoms with van der Waals surface area (Å²) in [6, 6.07) is 17.0. The summed E-state index contributed by atoms with van der Waals surface area (Å²) < 4.78 is 10.0. The van der Waals surface area contributed by atoms with Crippen LogP contribution >= 0.6 is 0 Å². The zero-order chi connectivity index (χ0) is 16.9. The van der Waals surface area contributed by atoms with Crippen LogP contribution in [0.25, 0.3) is 23.1 Å². The first-order valence-corrected chi connectivity index (χ1v) is 7.51. The topological polar surface area (TPSA) is 48.4 Å². The van der Waals surface area contributed by atoms with Gasteiger partial charge in [-0.1, -0.05) is 36.4 Å². The van der Waals surface area contributed by atoms with E-state index in [4.69, 9.17) is 9.47 Å². The van der Waals surface area contributed by atoms with Crippen LogP contribution in [0.4, 0.5) is 0 Å². The second-order valence-corrected chi connectivity index (χ2v) is 5.21. The first-order chi connectivity index (χ1) is 11.7. The van der Waals surface area contributed by atoms with Gasteiger partial charge in [-0.25, -0.2) is 9.78 Å². The maximum absolute atomic E-state index is 12.0. The Kier molecular flexibility index (Phi) is 4.57. The molecule has 1 aromatic heterocycles. The number of rotatable bonds is 4. The van der Waals surface area contributed by atoms with Crippen LogP contribution in [0.2, 0.25) is 0 Å². The normalized spacial score (nSPS) is 10.9. The number of hydrogen-bond donors (Lipinski definition) is 0. The predicted molar refractivity (Wildman–Crippen MR) is 95.0 cm³/mol. The molecular formula is C20H17NO3. The van der Waals surface area contributed by atoms with Crippen molar-refractivity contribution in [2.24, 2.45) is 0 Å². The zero-order valence-electron chi connectivity index (χ0n) is 13.5. The Morgan fingerprint density at radius 3 is 2.46 bits per heavy atom. The van der Waals surface area contributed by atoms with Gasteiger partial charge in [-0.3, -0.25) is 0 Å². The average Bonchev–Trinajstić information content (AvgIpc) is 2.65. The summed E-state index contributed by atoms with van der Waals surface area (Å²) in [5.41, 5.74) is 2.99. The van der Waals surface area contributed by atoms with E-state index in [2.05, 4.69) is 4.98 Å². The molecule has 0 fully saturated rings. The molecular weight excluding hydrogens is 302 g/mol. The molecule has 0 N–H and O–H groups in total. The van der Waals surface area contributed by atoms with E-state index in [1.807, 2.05) is 60.7 Å². The average molecular weight is 319 g/mol. The van der Waals surface area contributed by atoms with Crippen molar-refractivity contribution in [2.45, 2.75) is 0 Å². The van der Waals surface area contributed by atoms with E-state index >= 15 is 0 Å². The van der Waals surface area contributed by atoms with Crippen molar-refractivity contribution >= 4 is 29.0 Å². The fourth-order valence-corrected chi connectivity index (χ4v) is 2.46. The number of ether oxygens (including phenoxy) is 2. The highest BCUT2D eigenvalue weighted by Gasteiger charge is 2.12. The first kappa shape index (κ1) is 15.7. The van der Waals surface area contributed by atoms with Crippen molar-refractivity contribution in [3.8, 4) is 5.75 Å². The molecule has 1 heterocycles. The Hall–Kier alpha value is -3.14. The van der Waals surface area contributed by atoms with Gasteiger partial charge >= 0.3 is 5.97 Å². The van der Waals surface area contributed by atoms with E-state index in [-0.39, 0.29) is 5.97 Å². The summed E-state index contributed by atoms with van der Waals surface area (Å²) in [6.45, 7) is 0. The molecule has 0 aliphatic carbocycles. The Morgan fingerprint density at radius 1 is 1.00 bits per heavy atom. The molecule has 0 atom stereocenters. The van der Waals surface area contributed by atoms with Gasteiger partial charge in [0.15, 0.2) is 0 Å². The third-order valence-corrected chi connectivity index (χ3v) is 3.70. The zero-order valence-corrected chi connectivity index (χ0v) is 13.5. The SMILES string of the molecule is COC(=O)c1cc(C=Cc2ccc(OC)cc2)nc2ccccc12. The molecule has 120 valence electrons. The van der Waals surface area contributed by atoms with Gasteiger partial charge in [0, 0.05) is 5.39 Å². The van der Waals surface area contributed by atoms with Crippen LogP contribution in [0.1, 0.15) is 21.6 Å². The Balaban J connectivity index is 1.99. The second-order valence-electron chi connectivity index (χ2n) is 5.21. The van der Waals surface area contributed by atoms with E-state index < -0.39 is 0 Å². The summed E-state index contributed by atoms with van der Waals surface area (Å²) in [4.78, 5) is 16.6. The number of esters is 1. The lowest BCUT2D eigenvalue weighted by Gasteiger charge is -2.06. The molecule has 0 radical (unpaired) electrons. The van der Waals surface area contributed by atoms with Crippen LogP contribution < -0.4 is 4.74 Å². The second kappa shape index (κ2) is 6.96. The lowest BCUT2D eigenvalue weighted by Crippen LogP contribution is -2.03. The minimum Gasteiger partial charge on any atom is -0.497 e. The number of carbonyl (C=O) groups is 1. The molecule has 3 aromatic rings. The highest BCUT2D eigenvalue weighted by Crippen LogP contribution is 2.21. The molecule has 2 aromatic carbocycles. The molecule has 0 spiro atoms. The minimum atomic E-state index is -0.368. The van der Waals surface area contributed by atoms with Gasteiger partial charge in [0.2, 0.25) is 0 Å². The van der Waals surface area contributed by atoms with Gasteiger partial charge in [-0.2, -0.15) is 0 Å². The van der Waals surface area contributed by atoms with Crippen LogP contribution in [0, 0.1) is 0 Å². The number of fused-ring (bicyclic) bond motifs is 1. The smallest absolute Gasteiger partial charge is 0.338 e. The molecule has 0 aliphatic heterocycles. The third-order valence-electron chi connectivity index (χ3n) is 3.70. The van der Waals surface area contributed by atoms with Gasteiger partial charge in [0.1, 0.15) is 5.75 Å².